The van der Waals surface area contributed by atoms with E-state index in [1.165, 1.54) is 5.56 Å². The number of benzene rings is 2. The number of likely N-dealkylation sites (tertiary alicyclic amines) is 1. The van der Waals surface area contributed by atoms with Gasteiger partial charge in [0.2, 0.25) is 0 Å². The number of ether oxygens (including phenoxy) is 2. The zero-order valence-corrected chi connectivity index (χ0v) is 16.1. The molecule has 5 nitrogen and oxygen atoms in total. The van der Waals surface area contributed by atoms with Crippen LogP contribution in [-0.4, -0.2) is 44.2 Å². The van der Waals surface area contributed by atoms with Crippen LogP contribution in [0.4, 0.5) is 0 Å². The molecule has 2 aromatic carbocycles. The van der Waals surface area contributed by atoms with Gasteiger partial charge in [0.1, 0.15) is 5.75 Å². The zero-order chi connectivity index (χ0) is 19.1. The highest BCUT2D eigenvalue weighted by Crippen LogP contribution is 2.21. The number of hydrogen-bond acceptors (Lipinski definition) is 4. The van der Waals surface area contributed by atoms with Crippen LogP contribution in [0.2, 0.25) is 0 Å². The van der Waals surface area contributed by atoms with Crippen LogP contribution < -0.4 is 10.1 Å². The van der Waals surface area contributed by atoms with Crippen molar-refractivity contribution in [2.45, 2.75) is 32.0 Å². The van der Waals surface area contributed by atoms with Crippen molar-refractivity contribution in [1.29, 1.82) is 0 Å². The van der Waals surface area contributed by atoms with Crippen molar-refractivity contribution in [3.8, 4) is 5.75 Å². The van der Waals surface area contributed by atoms with E-state index in [9.17, 15) is 4.79 Å². The van der Waals surface area contributed by atoms with Gasteiger partial charge in [0, 0.05) is 43.9 Å². The lowest BCUT2D eigenvalue weighted by Crippen LogP contribution is -2.44. The lowest BCUT2D eigenvalue weighted by atomic mass is 10.0. The number of amides is 1. The van der Waals surface area contributed by atoms with Gasteiger partial charge in [-0.05, 0) is 36.6 Å². The second kappa shape index (κ2) is 9.53. The first-order valence-electron chi connectivity index (χ1n) is 9.42. The van der Waals surface area contributed by atoms with Crippen LogP contribution in [0, 0.1) is 0 Å². The van der Waals surface area contributed by atoms with E-state index >= 15 is 0 Å². The molecule has 2 aromatic rings. The van der Waals surface area contributed by atoms with Crippen molar-refractivity contribution in [3.05, 3.63) is 65.2 Å². The molecule has 1 fully saturated rings. The molecule has 1 saturated heterocycles. The summed E-state index contributed by atoms with van der Waals surface area (Å²) in [5.74, 6) is 0.937. The van der Waals surface area contributed by atoms with E-state index < -0.39 is 0 Å². The summed E-state index contributed by atoms with van der Waals surface area (Å²) in [6.07, 6.45) is 1.92. The smallest absolute Gasteiger partial charge is 0.251 e. The van der Waals surface area contributed by atoms with Crippen LogP contribution in [0.25, 0.3) is 0 Å². The highest BCUT2D eigenvalue weighted by atomic mass is 16.5. The first-order chi connectivity index (χ1) is 13.2. The minimum atomic E-state index is 0.00199. The van der Waals surface area contributed by atoms with Crippen molar-refractivity contribution in [2.24, 2.45) is 0 Å². The Bertz CT molecular complexity index is 737. The maximum atomic E-state index is 12.5. The normalized spacial score (nSPS) is 15.5. The molecule has 5 heteroatoms. The van der Waals surface area contributed by atoms with Crippen LogP contribution in [-0.2, 0) is 17.9 Å². The highest BCUT2D eigenvalue weighted by molar-refractivity contribution is 5.94. The van der Waals surface area contributed by atoms with Gasteiger partial charge in [-0.2, -0.15) is 0 Å². The summed E-state index contributed by atoms with van der Waals surface area (Å²) in [4.78, 5) is 14.9. The molecule has 0 unspecified atom stereocenters. The fraction of sp³-hybridized carbons (Fsp3) is 0.409. The van der Waals surface area contributed by atoms with Crippen LogP contribution in [0.5, 0.6) is 5.75 Å². The van der Waals surface area contributed by atoms with Crippen LogP contribution in [0.3, 0.4) is 0 Å². The molecule has 0 bridgehead atoms. The SMILES string of the molecule is COCc1ccc(C(=O)NC2CCN(Cc3ccccc3OC)CC2)cc1. The van der Waals surface area contributed by atoms with Crippen molar-refractivity contribution >= 4 is 5.91 Å². The van der Waals surface area contributed by atoms with Crippen molar-refractivity contribution in [3.63, 3.8) is 0 Å². The van der Waals surface area contributed by atoms with Gasteiger partial charge in [-0.3, -0.25) is 9.69 Å². The van der Waals surface area contributed by atoms with Gasteiger partial charge in [0.15, 0.2) is 0 Å². The van der Waals surface area contributed by atoms with Gasteiger partial charge < -0.3 is 14.8 Å². The largest absolute Gasteiger partial charge is 0.496 e. The molecule has 0 aliphatic carbocycles. The van der Waals surface area contributed by atoms with Crippen molar-refractivity contribution < 1.29 is 14.3 Å². The van der Waals surface area contributed by atoms with E-state index in [1.54, 1.807) is 14.2 Å². The quantitative estimate of drug-likeness (QED) is 0.815. The van der Waals surface area contributed by atoms with E-state index in [4.69, 9.17) is 9.47 Å². The van der Waals surface area contributed by atoms with Crippen LogP contribution in [0.1, 0.15) is 34.3 Å². The first-order valence-corrected chi connectivity index (χ1v) is 9.42. The second-order valence-corrected chi connectivity index (χ2v) is 6.97. The maximum Gasteiger partial charge on any atom is 0.251 e. The lowest BCUT2D eigenvalue weighted by molar-refractivity contribution is 0.0908. The standard InChI is InChI=1S/C22H28N2O3/c1-26-16-17-7-9-18(10-8-17)22(25)23-20-11-13-24(14-12-20)15-19-5-3-4-6-21(19)27-2/h3-10,20H,11-16H2,1-2H3,(H,23,25). The number of methoxy groups -OCH3 is 2. The summed E-state index contributed by atoms with van der Waals surface area (Å²) >= 11 is 0. The van der Waals surface area contributed by atoms with E-state index in [2.05, 4.69) is 16.3 Å². The Morgan fingerprint density at radius 2 is 1.78 bits per heavy atom. The van der Waals surface area contributed by atoms with E-state index in [1.807, 2.05) is 42.5 Å². The molecule has 1 aliphatic heterocycles. The number of nitrogens with zero attached hydrogens (tertiary/aromatic N) is 1. The van der Waals surface area contributed by atoms with Gasteiger partial charge >= 0.3 is 0 Å². The Kier molecular flexibility index (Phi) is 6.85. The number of carbonyl (C=O) groups is 1. The summed E-state index contributed by atoms with van der Waals surface area (Å²) in [6, 6.07) is 16.0. The summed E-state index contributed by atoms with van der Waals surface area (Å²) in [5.41, 5.74) is 2.98. The second-order valence-electron chi connectivity index (χ2n) is 6.97. The number of hydrogen-bond donors (Lipinski definition) is 1. The molecule has 3 rings (SSSR count). The van der Waals surface area contributed by atoms with Crippen LogP contribution in [0.15, 0.2) is 48.5 Å². The average molecular weight is 368 g/mol. The van der Waals surface area contributed by atoms with Gasteiger partial charge in [-0.1, -0.05) is 30.3 Å². The third kappa shape index (κ3) is 5.31. The highest BCUT2D eigenvalue weighted by Gasteiger charge is 2.21. The summed E-state index contributed by atoms with van der Waals surface area (Å²) in [6.45, 7) is 3.38. The van der Waals surface area contributed by atoms with Gasteiger partial charge in [0.05, 0.1) is 13.7 Å². The van der Waals surface area contributed by atoms with E-state index in [0.29, 0.717) is 12.2 Å². The Hall–Kier alpha value is -2.37. The zero-order valence-electron chi connectivity index (χ0n) is 16.1. The Morgan fingerprint density at radius 1 is 1.07 bits per heavy atom. The molecule has 144 valence electrons. The molecule has 0 radical (unpaired) electrons. The van der Waals surface area contributed by atoms with Gasteiger partial charge in [0.25, 0.3) is 5.91 Å². The van der Waals surface area contributed by atoms with E-state index in [0.717, 1.165) is 43.8 Å². The topological polar surface area (TPSA) is 50.8 Å². The minimum Gasteiger partial charge on any atom is -0.496 e. The molecule has 1 aliphatic rings. The molecule has 1 N–H and O–H groups in total. The minimum absolute atomic E-state index is 0.00199. The predicted molar refractivity (Wildman–Crippen MR) is 106 cm³/mol. The Morgan fingerprint density at radius 3 is 2.44 bits per heavy atom. The molecule has 0 atom stereocenters. The molecule has 1 heterocycles. The first kappa shape index (κ1) is 19.4. The third-order valence-corrected chi connectivity index (χ3v) is 5.04. The summed E-state index contributed by atoms with van der Waals surface area (Å²) < 4.78 is 10.5. The molecule has 27 heavy (non-hydrogen) atoms. The van der Waals surface area contributed by atoms with E-state index in [-0.39, 0.29) is 11.9 Å². The monoisotopic (exact) mass is 368 g/mol. The Labute approximate surface area is 161 Å². The average Bonchev–Trinajstić information content (AvgIpc) is 2.70. The summed E-state index contributed by atoms with van der Waals surface area (Å²) in [5, 5.41) is 3.17. The van der Waals surface area contributed by atoms with Crippen LogP contribution >= 0.6 is 0 Å². The fourth-order valence-electron chi connectivity index (χ4n) is 3.50. The molecule has 0 saturated carbocycles. The number of rotatable bonds is 7. The lowest BCUT2D eigenvalue weighted by Gasteiger charge is -2.32. The van der Waals surface area contributed by atoms with Gasteiger partial charge in [-0.15, -0.1) is 0 Å². The van der Waals surface area contributed by atoms with Crippen molar-refractivity contribution in [1.82, 2.24) is 10.2 Å². The molecule has 0 aromatic heterocycles. The number of para-hydroxylation sites is 1. The number of nitrogens with one attached hydrogen (secondary N) is 1. The van der Waals surface area contributed by atoms with Crippen molar-refractivity contribution in [2.75, 3.05) is 27.3 Å². The fourth-order valence-corrected chi connectivity index (χ4v) is 3.50. The molecule has 1 amide bonds. The number of carbonyl (C=O) groups excluding carboxylic acids is 1. The molecular weight excluding hydrogens is 340 g/mol. The Balaban J connectivity index is 1.48. The molecular formula is C22H28N2O3. The summed E-state index contributed by atoms with van der Waals surface area (Å²) in [7, 11) is 3.38. The molecule has 0 spiro atoms. The maximum absolute atomic E-state index is 12.5. The van der Waals surface area contributed by atoms with Gasteiger partial charge in [-0.25, -0.2) is 0 Å². The third-order valence-electron chi connectivity index (χ3n) is 5.04. The predicted octanol–water partition coefficient (Wildman–Crippen LogP) is 3.24. The number of piperidine rings is 1.